The second-order valence-electron chi connectivity index (χ2n) is 12.7. The van der Waals surface area contributed by atoms with Crippen LogP contribution in [0.3, 0.4) is 0 Å². The van der Waals surface area contributed by atoms with E-state index in [1.807, 2.05) is 72.8 Å². The summed E-state index contributed by atoms with van der Waals surface area (Å²) in [6.07, 6.45) is 0. The highest BCUT2D eigenvalue weighted by atomic mass is 16.3. The first-order valence-corrected chi connectivity index (χ1v) is 16.9. The first-order valence-electron chi connectivity index (χ1n) is 16.9. The van der Waals surface area contributed by atoms with Crippen LogP contribution in [0.5, 0.6) is 0 Å². The third-order valence-corrected chi connectivity index (χ3v) is 10.0. The summed E-state index contributed by atoms with van der Waals surface area (Å²) in [5.41, 5.74) is 11.2. The van der Waals surface area contributed by atoms with Gasteiger partial charge >= 0.3 is 0 Å². The number of benzene rings is 7. The minimum Gasteiger partial charge on any atom is -0.456 e. The van der Waals surface area contributed by atoms with Crippen LogP contribution in [-0.4, -0.2) is 15.0 Å². The van der Waals surface area contributed by atoms with Crippen molar-refractivity contribution in [3.8, 4) is 45.3 Å². The summed E-state index contributed by atoms with van der Waals surface area (Å²) >= 11 is 0. The standard InChI is InChI=1S/C46H29N3O/c1-5-16-30(17-6-1)43-47-44(31-18-7-2-8-19-31)49-45(48-43)35-25-15-27-40-42(35)37-28-36-34-24-13-14-26-38(34)46(32-20-9-3-10-21-32,33-22-11-4-12-23-33)39(36)29-41(37)50-40/h1-29H. The van der Waals surface area contributed by atoms with Gasteiger partial charge in [0.25, 0.3) is 0 Å². The van der Waals surface area contributed by atoms with Gasteiger partial charge in [-0.2, -0.15) is 0 Å². The van der Waals surface area contributed by atoms with Gasteiger partial charge in [0.15, 0.2) is 17.5 Å². The Morgan fingerprint density at radius 3 is 1.52 bits per heavy atom. The fraction of sp³-hybridized carbons (Fsp3) is 0.0217. The van der Waals surface area contributed by atoms with E-state index in [1.54, 1.807) is 0 Å². The van der Waals surface area contributed by atoms with Gasteiger partial charge in [0, 0.05) is 27.5 Å². The SMILES string of the molecule is c1ccc(-c2nc(-c3ccccc3)nc(-c3cccc4oc5cc6c(cc5c34)-c3ccccc3C6(c3ccccc3)c3ccccc3)n2)cc1. The minimum atomic E-state index is -0.506. The number of fused-ring (bicyclic) bond motifs is 6. The number of aromatic nitrogens is 3. The highest BCUT2D eigenvalue weighted by molar-refractivity contribution is 6.14. The summed E-state index contributed by atoms with van der Waals surface area (Å²) in [4.78, 5) is 15.1. The van der Waals surface area contributed by atoms with Crippen LogP contribution in [0.2, 0.25) is 0 Å². The van der Waals surface area contributed by atoms with E-state index < -0.39 is 5.41 Å². The average molecular weight is 640 g/mol. The van der Waals surface area contributed by atoms with E-state index in [4.69, 9.17) is 19.4 Å². The van der Waals surface area contributed by atoms with E-state index in [1.165, 1.54) is 33.4 Å². The smallest absolute Gasteiger partial charge is 0.164 e. The van der Waals surface area contributed by atoms with Crippen molar-refractivity contribution in [2.24, 2.45) is 0 Å². The van der Waals surface area contributed by atoms with E-state index in [0.29, 0.717) is 17.5 Å². The van der Waals surface area contributed by atoms with Crippen LogP contribution in [0.15, 0.2) is 180 Å². The molecule has 0 bridgehead atoms. The van der Waals surface area contributed by atoms with Crippen molar-refractivity contribution in [3.05, 3.63) is 198 Å². The maximum atomic E-state index is 6.76. The predicted octanol–water partition coefficient (Wildman–Crippen LogP) is 11.1. The second-order valence-corrected chi connectivity index (χ2v) is 12.7. The molecular weight excluding hydrogens is 611 g/mol. The molecule has 0 spiro atoms. The Labute approximate surface area is 289 Å². The zero-order valence-corrected chi connectivity index (χ0v) is 27.0. The predicted molar refractivity (Wildman–Crippen MR) is 201 cm³/mol. The van der Waals surface area contributed by atoms with E-state index >= 15 is 0 Å². The lowest BCUT2D eigenvalue weighted by molar-refractivity contribution is 0.666. The Bertz CT molecular complexity index is 2590. The summed E-state index contributed by atoms with van der Waals surface area (Å²) in [7, 11) is 0. The summed E-state index contributed by atoms with van der Waals surface area (Å²) in [6, 6.07) is 61.4. The second kappa shape index (κ2) is 11.2. The molecule has 0 saturated carbocycles. The Balaban J connectivity index is 1.26. The van der Waals surface area contributed by atoms with Crippen LogP contribution < -0.4 is 0 Å². The van der Waals surface area contributed by atoms with E-state index in [9.17, 15) is 0 Å². The van der Waals surface area contributed by atoms with E-state index in [0.717, 1.165) is 38.6 Å². The van der Waals surface area contributed by atoms with Gasteiger partial charge in [-0.15, -0.1) is 0 Å². The van der Waals surface area contributed by atoms with E-state index in [2.05, 4.69) is 103 Å². The molecule has 1 aliphatic carbocycles. The minimum absolute atomic E-state index is 0.506. The van der Waals surface area contributed by atoms with Gasteiger partial charge in [0.1, 0.15) is 11.2 Å². The zero-order chi connectivity index (χ0) is 33.1. The van der Waals surface area contributed by atoms with E-state index in [-0.39, 0.29) is 0 Å². The quantitative estimate of drug-likeness (QED) is 0.188. The molecule has 4 nitrogen and oxygen atoms in total. The first kappa shape index (κ1) is 28.4. The molecule has 2 aromatic heterocycles. The van der Waals surface area contributed by atoms with Gasteiger partial charge in [0.2, 0.25) is 0 Å². The lowest BCUT2D eigenvalue weighted by Crippen LogP contribution is -2.28. The van der Waals surface area contributed by atoms with Gasteiger partial charge < -0.3 is 4.42 Å². The highest BCUT2D eigenvalue weighted by Crippen LogP contribution is 2.57. The largest absolute Gasteiger partial charge is 0.456 e. The molecule has 1 aliphatic rings. The summed E-state index contributed by atoms with van der Waals surface area (Å²) in [5.74, 6) is 1.86. The number of hydrogen-bond acceptors (Lipinski definition) is 4. The Morgan fingerprint density at radius 1 is 0.380 bits per heavy atom. The molecule has 50 heavy (non-hydrogen) atoms. The lowest BCUT2D eigenvalue weighted by Gasteiger charge is -2.33. The molecule has 0 atom stereocenters. The molecule has 0 unspecified atom stereocenters. The van der Waals surface area contributed by atoms with Gasteiger partial charge in [-0.05, 0) is 51.6 Å². The number of furan rings is 1. The molecule has 2 heterocycles. The average Bonchev–Trinajstić information content (AvgIpc) is 3.71. The molecule has 9 aromatic rings. The molecule has 0 N–H and O–H groups in total. The maximum absolute atomic E-state index is 6.76. The van der Waals surface area contributed by atoms with Crippen molar-refractivity contribution in [2.45, 2.75) is 5.41 Å². The molecule has 0 radical (unpaired) electrons. The summed E-state index contributed by atoms with van der Waals surface area (Å²) in [6.45, 7) is 0. The Kier molecular flexibility index (Phi) is 6.36. The van der Waals surface area contributed by atoms with Crippen molar-refractivity contribution in [1.29, 1.82) is 0 Å². The highest BCUT2D eigenvalue weighted by Gasteiger charge is 2.46. The van der Waals surface area contributed by atoms with Crippen molar-refractivity contribution in [2.75, 3.05) is 0 Å². The van der Waals surface area contributed by atoms with Crippen LogP contribution >= 0.6 is 0 Å². The fourth-order valence-electron chi connectivity index (χ4n) is 7.88. The number of rotatable bonds is 5. The molecule has 7 aromatic carbocycles. The third-order valence-electron chi connectivity index (χ3n) is 10.0. The molecule has 234 valence electrons. The van der Waals surface area contributed by atoms with Crippen LogP contribution in [0.25, 0.3) is 67.2 Å². The summed E-state index contributed by atoms with van der Waals surface area (Å²) in [5, 5.41) is 2.02. The van der Waals surface area contributed by atoms with Crippen LogP contribution in [-0.2, 0) is 5.41 Å². The molecule has 10 rings (SSSR count). The lowest BCUT2D eigenvalue weighted by atomic mass is 9.67. The molecule has 0 saturated heterocycles. The van der Waals surface area contributed by atoms with Gasteiger partial charge in [-0.3, -0.25) is 0 Å². The molecule has 0 amide bonds. The number of nitrogens with zero attached hydrogens (tertiary/aromatic N) is 3. The maximum Gasteiger partial charge on any atom is 0.164 e. The molecule has 4 heteroatoms. The van der Waals surface area contributed by atoms with Gasteiger partial charge in [-0.1, -0.05) is 158 Å². The Hall–Kier alpha value is -6.65. The van der Waals surface area contributed by atoms with Crippen LogP contribution in [0, 0.1) is 0 Å². The van der Waals surface area contributed by atoms with Crippen molar-refractivity contribution < 1.29 is 4.42 Å². The third kappa shape index (κ3) is 4.22. The zero-order valence-electron chi connectivity index (χ0n) is 27.0. The fourth-order valence-corrected chi connectivity index (χ4v) is 7.88. The number of hydrogen-bond donors (Lipinski definition) is 0. The van der Waals surface area contributed by atoms with Crippen molar-refractivity contribution in [1.82, 2.24) is 15.0 Å². The van der Waals surface area contributed by atoms with Gasteiger partial charge in [-0.25, -0.2) is 15.0 Å². The summed E-state index contributed by atoms with van der Waals surface area (Å²) < 4.78 is 6.76. The monoisotopic (exact) mass is 639 g/mol. The van der Waals surface area contributed by atoms with Crippen molar-refractivity contribution >= 4 is 21.9 Å². The van der Waals surface area contributed by atoms with Gasteiger partial charge in [0.05, 0.1) is 5.41 Å². The topological polar surface area (TPSA) is 51.8 Å². The normalized spacial score (nSPS) is 13.0. The molecule has 0 aliphatic heterocycles. The van der Waals surface area contributed by atoms with Crippen molar-refractivity contribution in [3.63, 3.8) is 0 Å². The molecular formula is C46H29N3O. The van der Waals surface area contributed by atoms with Crippen LogP contribution in [0.1, 0.15) is 22.3 Å². The Morgan fingerprint density at radius 2 is 0.900 bits per heavy atom. The van der Waals surface area contributed by atoms with Crippen LogP contribution in [0.4, 0.5) is 0 Å². The molecule has 0 fully saturated rings. The first-order chi connectivity index (χ1) is 24.8.